The number of hydrogen-bond acceptors (Lipinski definition) is 6. The third kappa shape index (κ3) is 4.72. The summed E-state index contributed by atoms with van der Waals surface area (Å²) < 4.78 is 4.83. The van der Waals surface area contributed by atoms with Crippen molar-refractivity contribution in [3.05, 3.63) is 11.2 Å². The zero-order valence-electron chi connectivity index (χ0n) is 9.90. The monoisotopic (exact) mass is 260 g/mol. The molecule has 1 heterocycles. The van der Waals surface area contributed by atoms with Crippen LogP contribution in [0.25, 0.3) is 0 Å². The van der Waals surface area contributed by atoms with Gasteiger partial charge in [-0.15, -0.1) is 0 Å². The molecule has 0 aliphatic rings. The number of anilines is 2. The van der Waals surface area contributed by atoms with Gasteiger partial charge in [0.05, 0.1) is 18.9 Å². The largest absolute Gasteiger partial charge is 0.391 e. The van der Waals surface area contributed by atoms with Gasteiger partial charge in [-0.25, -0.2) is 4.98 Å². The third-order valence-corrected chi connectivity index (χ3v) is 2.37. The van der Waals surface area contributed by atoms with E-state index in [-0.39, 0.29) is 0 Å². The maximum atomic E-state index is 9.45. The Balaban J connectivity index is 2.45. The van der Waals surface area contributed by atoms with Gasteiger partial charge < -0.3 is 20.5 Å². The van der Waals surface area contributed by atoms with Gasteiger partial charge in [0.1, 0.15) is 10.8 Å². The lowest BCUT2D eigenvalue weighted by Crippen LogP contribution is -2.18. The predicted molar refractivity (Wildman–Crippen MR) is 67.6 cm³/mol. The van der Waals surface area contributed by atoms with Crippen LogP contribution in [0.3, 0.4) is 0 Å². The summed E-state index contributed by atoms with van der Waals surface area (Å²) in [6, 6.07) is 0. The lowest BCUT2D eigenvalue weighted by atomic mass is 10.2. The molecule has 0 aromatic carbocycles. The van der Waals surface area contributed by atoms with Crippen LogP contribution < -0.4 is 10.6 Å². The van der Waals surface area contributed by atoms with E-state index in [1.807, 2.05) is 0 Å². The fourth-order valence-corrected chi connectivity index (χ4v) is 1.40. The molecule has 0 saturated carbocycles. The van der Waals surface area contributed by atoms with Crippen LogP contribution in [-0.2, 0) is 4.74 Å². The molecule has 0 aliphatic heterocycles. The van der Waals surface area contributed by atoms with Crippen molar-refractivity contribution < 1.29 is 9.84 Å². The normalized spacial score (nSPS) is 12.2. The van der Waals surface area contributed by atoms with Crippen molar-refractivity contribution in [2.45, 2.75) is 12.5 Å². The van der Waals surface area contributed by atoms with E-state index in [4.69, 9.17) is 16.3 Å². The summed E-state index contributed by atoms with van der Waals surface area (Å²) in [6.45, 7) is 0.880. The molecule has 0 radical (unpaired) electrons. The van der Waals surface area contributed by atoms with Crippen molar-refractivity contribution in [1.29, 1.82) is 0 Å². The van der Waals surface area contributed by atoms with E-state index in [9.17, 15) is 5.11 Å². The molecule has 0 saturated heterocycles. The van der Waals surface area contributed by atoms with Gasteiger partial charge in [0.25, 0.3) is 0 Å². The molecule has 17 heavy (non-hydrogen) atoms. The average Bonchev–Trinajstić information content (AvgIpc) is 2.32. The Hall–Kier alpha value is -1.11. The van der Waals surface area contributed by atoms with Crippen molar-refractivity contribution >= 4 is 23.4 Å². The standard InChI is InChI=1S/C10H17ClN4O2/c1-12-10-14-5-8(11)9(15-10)13-4-3-7(16)6-17-2/h5,7,16H,3-4,6H2,1-2H3,(H2,12,13,14,15). The first kappa shape index (κ1) is 14.0. The number of nitrogens with one attached hydrogen (secondary N) is 2. The average molecular weight is 261 g/mol. The Morgan fingerprint density at radius 2 is 2.35 bits per heavy atom. The van der Waals surface area contributed by atoms with Crippen molar-refractivity contribution in [2.75, 3.05) is 37.9 Å². The number of methoxy groups -OCH3 is 1. The molecule has 0 bridgehead atoms. The quantitative estimate of drug-likeness (QED) is 0.678. The first-order valence-corrected chi connectivity index (χ1v) is 5.66. The zero-order valence-corrected chi connectivity index (χ0v) is 10.7. The highest BCUT2D eigenvalue weighted by Crippen LogP contribution is 2.18. The fourth-order valence-electron chi connectivity index (χ4n) is 1.24. The van der Waals surface area contributed by atoms with Crippen LogP contribution in [0.2, 0.25) is 5.02 Å². The summed E-state index contributed by atoms with van der Waals surface area (Å²) in [5.74, 6) is 1.05. The third-order valence-electron chi connectivity index (χ3n) is 2.10. The van der Waals surface area contributed by atoms with E-state index < -0.39 is 6.10 Å². The molecule has 0 spiro atoms. The molecule has 3 N–H and O–H groups in total. The van der Waals surface area contributed by atoms with Crippen LogP contribution in [-0.4, -0.2) is 48.5 Å². The van der Waals surface area contributed by atoms with Crippen molar-refractivity contribution in [2.24, 2.45) is 0 Å². The molecule has 7 heteroatoms. The van der Waals surface area contributed by atoms with E-state index in [0.717, 1.165) is 0 Å². The molecular formula is C10H17ClN4O2. The Labute approximate surface area is 105 Å². The Kier molecular flexibility index (Phi) is 5.96. The van der Waals surface area contributed by atoms with Gasteiger partial charge in [0.15, 0.2) is 0 Å². The Morgan fingerprint density at radius 1 is 1.59 bits per heavy atom. The van der Waals surface area contributed by atoms with Crippen LogP contribution >= 0.6 is 11.6 Å². The van der Waals surface area contributed by atoms with Gasteiger partial charge >= 0.3 is 0 Å². The minimum atomic E-state index is -0.489. The number of hydrogen-bond donors (Lipinski definition) is 3. The van der Waals surface area contributed by atoms with Gasteiger partial charge in [0.2, 0.25) is 5.95 Å². The highest BCUT2D eigenvalue weighted by molar-refractivity contribution is 6.32. The first-order chi connectivity index (χ1) is 8.17. The molecule has 1 aromatic heterocycles. The van der Waals surface area contributed by atoms with Gasteiger partial charge in [-0.2, -0.15) is 4.98 Å². The van der Waals surface area contributed by atoms with Gasteiger partial charge in [-0.3, -0.25) is 0 Å². The lowest BCUT2D eigenvalue weighted by Gasteiger charge is -2.11. The summed E-state index contributed by atoms with van der Waals surface area (Å²) >= 11 is 5.93. The summed E-state index contributed by atoms with van der Waals surface area (Å²) in [6.07, 6.45) is 1.59. The Morgan fingerprint density at radius 3 is 3.00 bits per heavy atom. The second-order valence-electron chi connectivity index (χ2n) is 3.46. The minimum absolute atomic E-state index is 0.320. The number of halogens is 1. The lowest BCUT2D eigenvalue weighted by molar-refractivity contribution is 0.0615. The number of aromatic nitrogens is 2. The smallest absolute Gasteiger partial charge is 0.224 e. The SMILES string of the molecule is CNc1ncc(Cl)c(NCCC(O)COC)n1. The van der Waals surface area contributed by atoms with Gasteiger partial charge in [-0.1, -0.05) is 11.6 Å². The molecule has 1 aromatic rings. The summed E-state index contributed by atoms with van der Waals surface area (Å²) in [5.41, 5.74) is 0. The number of rotatable bonds is 7. The van der Waals surface area contributed by atoms with Crippen LogP contribution in [0.4, 0.5) is 11.8 Å². The second-order valence-corrected chi connectivity index (χ2v) is 3.87. The minimum Gasteiger partial charge on any atom is -0.391 e. The summed E-state index contributed by atoms with van der Waals surface area (Å²) in [7, 11) is 3.28. The predicted octanol–water partition coefficient (Wildman–Crippen LogP) is 0.981. The molecule has 0 fully saturated rings. The molecule has 0 amide bonds. The molecule has 1 atom stereocenters. The summed E-state index contributed by atoms with van der Waals surface area (Å²) in [4.78, 5) is 8.12. The first-order valence-electron chi connectivity index (χ1n) is 5.28. The van der Waals surface area contributed by atoms with E-state index >= 15 is 0 Å². The number of nitrogens with zero attached hydrogens (tertiary/aromatic N) is 2. The molecule has 0 aliphatic carbocycles. The maximum Gasteiger partial charge on any atom is 0.224 e. The van der Waals surface area contributed by atoms with Crippen LogP contribution in [0.15, 0.2) is 6.20 Å². The number of ether oxygens (including phenoxy) is 1. The highest BCUT2D eigenvalue weighted by atomic mass is 35.5. The molecule has 1 unspecified atom stereocenters. The second kappa shape index (κ2) is 7.26. The topological polar surface area (TPSA) is 79.3 Å². The van der Waals surface area contributed by atoms with E-state index in [1.54, 1.807) is 14.2 Å². The van der Waals surface area contributed by atoms with Crippen molar-refractivity contribution in [3.63, 3.8) is 0 Å². The number of aliphatic hydroxyl groups is 1. The van der Waals surface area contributed by atoms with Gasteiger partial charge in [-0.05, 0) is 6.42 Å². The van der Waals surface area contributed by atoms with Crippen molar-refractivity contribution in [3.8, 4) is 0 Å². The van der Waals surface area contributed by atoms with E-state index in [2.05, 4.69) is 20.6 Å². The summed E-state index contributed by atoms with van der Waals surface area (Å²) in [5, 5.41) is 15.8. The molecule has 6 nitrogen and oxygen atoms in total. The van der Waals surface area contributed by atoms with Crippen LogP contribution in [0, 0.1) is 0 Å². The highest BCUT2D eigenvalue weighted by Gasteiger charge is 2.06. The molecule has 1 rings (SSSR count). The van der Waals surface area contributed by atoms with Gasteiger partial charge in [0, 0.05) is 20.7 Å². The molecular weight excluding hydrogens is 244 g/mol. The van der Waals surface area contributed by atoms with Crippen LogP contribution in [0.1, 0.15) is 6.42 Å². The van der Waals surface area contributed by atoms with E-state index in [0.29, 0.717) is 36.4 Å². The van der Waals surface area contributed by atoms with Crippen molar-refractivity contribution in [1.82, 2.24) is 9.97 Å². The Bertz CT molecular complexity index is 351. The number of aliphatic hydroxyl groups excluding tert-OH is 1. The van der Waals surface area contributed by atoms with E-state index in [1.165, 1.54) is 6.20 Å². The maximum absolute atomic E-state index is 9.45. The fraction of sp³-hybridized carbons (Fsp3) is 0.600. The van der Waals surface area contributed by atoms with Crippen LogP contribution in [0.5, 0.6) is 0 Å². The zero-order chi connectivity index (χ0) is 12.7. The molecule has 96 valence electrons.